The SMILES string of the molecule is O=C(CC(C(=O)Nc1cc(C(F)(F)F)cc(C(F)(F)F)c1)C(CC(=O)Nc1cc(C(F)(F)F)cc(C(F)(F)F)c1)C(=O)Nc1cc(C(F)(F)F)cc(C(F)(F)F)c1)Nc1cc(C(F)(F)F)cc(C(F)(F)F)c1. The molecule has 0 aliphatic carbocycles. The van der Waals surface area contributed by atoms with E-state index in [0.717, 1.165) is 0 Å². The smallest absolute Gasteiger partial charge is 0.326 e. The second kappa shape index (κ2) is 19.9. The average Bonchev–Trinajstić information content (AvgIpc) is 3.19. The number of halogens is 24. The summed E-state index contributed by atoms with van der Waals surface area (Å²) in [6, 6.07) is -3.89. The number of anilines is 4. The van der Waals surface area contributed by atoms with Crippen LogP contribution in [0.15, 0.2) is 72.8 Å². The highest BCUT2D eigenvalue weighted by Gasteiger charge is 2.43. The second-order valence-electron chi connectivity index (χ2n) is 14.9. The van der Waals surface area contributed by atoms with Crippen molar-refractivity contribution < 1.29 is 125 Å². The Balaban J connectivity index is 1.98. The number of amides is 4. The van der Waals surface area contributed by atoms with Crippen molar-refractivity contribution in [1.82, 2.24) is 0 Å². The summed E-state index contributed by atoms with van der Waals surface area (Å²) in [6.07, 6.45) is -49.5. The maximum Gasteiger partial charge on any atom is 0.416 e. The molecule has 0 spiro atoms. The van der Waals surface area contributed by atoms with Gasteiger partial charge in [0.2, 0.25) is 23.6 Å². The van der Waals surface area contributed by atoms with Crippen molar-refractivity contribution in [2.24, 2.45) is 11.8 Å². The largest absolute Gasteiger partial charge is 0.416 e. The third-order valence-corrected chi connectivity index (χ3v) is 9.42. The van der Waals surface area contributed by atoms with Crippen molar-refractivity contribution >= 4 is 46.4 Å². The van der Waals surface area contributed by atoms with Gasteiger partial charge in [0.05, 0.1) is 56.3 Å². The Kier molecular flexibility index (Phi) is 16.0. The molecule has 2 atom stereocenters. The number of carbonyl (C=O) groups is 4. The number of alkyl halides is 24. The van der Waals surface area contributed by atoms with Crippen LogP contribution in [-0.4, -0.2) is 23.6 Å². The Morgan fingerprint density at radius 1 is 0.278 bits per heavy atom. The van der Waals surface area contributed by atoms with Gasteiger partial charge in [0.25, 0.3) is 0 Å². The van der Waals surface area contributed by atoms with Crippen molar-refractivity contribution in [1.29, 1.82) is 0 Å². The van der Waals surface area contributed by atoms with Crippen molar-refractivity contribution in [3.05, 3.63) is 117 Å². The topological polar surface area (TPSA) is 116 Å². The molecule has 0 saturated carbocycles. The molecule has 394 valence electrons. The predicted molar refractivity (Wildman–Crippen MR) is 197 cm³/mol. The third kappa shape index (κ3) is 15.5. The van der Waals surface area contributed by atoms with E-state index in [1.165, 1.54) is 21.3 Å². The van der Waals surface area contributed by atoms with Crippen LogP contribution in [0.1, 0.15) is 57.3 Å². The molecule has 0 heterocycles. The molecule has 4 aromatic carbocycles. The number of nitrogens with one attached hydrogen (secondary N) is 4. The number of benzene rings is 4. The van der Waals surface area contributed by atoms with Crippen LogP contribution >= 0.6 is 0 Å². The molecule has 4 amide bonds. The Hall–Kier alpha value is -6.92. The number of hydrogen-bond donors (Lipinski definition) is 4. The average molecular weight is 1080 g/mol. The molecule has 8 nitrogen and oxygen atoms in total. The van der Waals surface area contributed by atoms with Gasteiger partial charge >= 0.3 is 49.4 Å². The van der Waals surface area contributed by atoms with Crippen LogP contribution in [0.4, 0.5) is 128 Å². The van der Waals surface area contributed by atoms with Gasteiger partial charge in [0, 0.05) is 35.6 Å². The second-order valence-corrected chi connectivity index (χ2v) is 14.9. The lowest BCUT2D eigenvalue weighted by molar-refractivity contribution is -0.144. The minimum absolute atomic E-state index is 0.197. The fourth-order valence-corrected chi connectivity index (χ4v) is 6.24. The first-order valence-electron chi connectivity index (χ1n) is 18.7. The lowest BCUT2D eigenvalue weighted by atomic mass is 9.84. The lowest BCUT2D eigenvalue weighted by Crippen LogP contribution is -2.41. The summed E-state index contributed by atoms with van der Waals surface area (Å²) in [7, 11) is 0. The van der Waals surface area contributed by atoms with E-state index in [0.29, 0.717) is 0 Å². The van der Waals surface area contributed by atoms with E-state index in [-0.39, 0.29) is 48.5 Å². The van der Waals surface area contributed by atoms with E-state index >= 15 is 0 Å². The van der Waals surface area contributed by atoms with E-state index in [9.17, 15) is 125 Å². The first-order chi connectivity index (χ1) is 32.3. The van der Waals surface area contributed by atoms with Gasteiger partial charge in [-0.2, -0.15) is 105 Å². The Bertz CT molecular complexity index is 2380. The fraction of sp³-hybridized carbons (Fsp3) is 0.300. The van der Waals surface area contributed by atoms with Crippen LogP contribution in [0.3, 0.4) is 0 Å². The third-order valence-electron chi connectivity index (χ3n) is 9.42. The monoisotopic (exact) mass is 1080 g/mol. The highest BCUT2D eigenvalue weighted by molar-refractivity contribution is 6.05. The zero-order valence-electron chi connectivity index (χ0n) is 34.2. The Morgan fingerprint density at radius 2 is 0.431 bits per heavy atom. The van der Waals surface area contributed by atoms with E-state index in [1.54, 1.807) is 0 Å². The van der Waals surface area contributed by atoms with Crippen LogP contribution in [0.25, 0.3) is 0 Å². The van der Waals surface area contributed by atoms with E-state index < -0.39 is 189 Å². The quantitative estimate of drug-likeness (QED) is 0.112. The molecule has 0 saturated heterocycles. The van der Waals surface area contributed by atoms with Gasteiger partial charge in [-0.3, -0.25) is 19.2 Å². The van der Waals surface area contributed by atoms with Crippen LogP contribution in [0, 0.1) is 11.8 Å². The Morgan fingerprint density at radius 3 is 0.583 bits per heavy atom. The summed E-state index contributed by atoms with van der Waals surface area (Å²) >= 11 is 0. The molecule has 0 aliphatic rings. The number of hydrogen-bond acceptors (Lipinski definition) is 4. The zero-order chi connectivity index (χ0) is 55.1. The van der Waals surface area contributed by atoms with Gasteiger partial charge in [-0.25, -0.2) is 0 Å². The highest BCUT2D eigenvalue weighted by atomic mass is 19.4. The summed E-state index contributed by atoms with van der Waals surface area (Å²) in [6.45, 7) is 0. The van der Waals surface area contributed by atoms with Crippen LogP contribution in [0.5, 0.6) is 0 Å². The molecule has 0 aromatic heterocycles. The molecule has 0 fully saturated rings. The van der Waals surface area contributed by atoms with Crippen molar-refractivity contribution in [2.75, 3.05) is 21.3 Å². The highest BCUT2D eigenvalue weighted by Crippen LogP contribution is 2.42. The minimum atomic E-state index is -5.71. The molecule has 32 heteroatoms. The van der Waals surface area contributed by atoms with Gasteiger partial charge < -0.3 is 21.3 Å². The Labute approximate surface area is 383 Å². The molecule has 2 unspecified atom stereocenters. The molecule has 4 rings (SSSR count). The lowest BCUT2D eigenvalue weighted by Gasteiger charge is -2.26. The van der Waals surface area contributed by atoms with E-state index in [1.807, 2.05) is 0 Å². The molecule has 72 heavy (non-hydrogen) atoms. The zero-order valence-corrected chi connectivity index (χ0v) is 34.2. The fourth-order valence-electron chi connectivity index (χ4n) is 6.24. The predicted octanol–water partition coefficient (Wildman–Crippen LogP) is 13.7. The molecule has 4 aromatic rings. The molecular weight excluding hydrogens is 1060 g/mol. The maximum absolute atomic E-state index is 14.0. The van der Waals surface area contributed by atoms with Crippen molar-refractivity contribution in [2.45, 2.75) is 62.3 Å². The van der Waals surface area contributed by atoms with Crippen LogP contribution < -0.4 is 21.3 Å². The van der Waals surface area contributed by atoms with Crippen LogP contribution in [-0.2, 0) is 68.6 Å². The van der Waals surface area contributed by atoms with E-state index in [2.05, 4.69) is 0 Å². The van der Waals surface area contributed by atoms with Gasteiger partial charge in [-0.05, 0) is 72.8 Å². The van der Waals surface area contributed by atoms with Gasteiger partial charge in [0.1, 0.15) is 0 Å². The molecule has 0 aliphatic heterocycles. The first kappa shape index (κ1) is 57.7. The van der Waals surface area contributed by atoms with Gasteiger partial charge in [-0.1, -0.05) is 0 Å². The summed E-state index contributed by atoms with van der Waals surface area (Å²) in [4.78, 5) is 54.9. The minimum Gasteiger partial charge on any atom is -0.326 e. The molecule has 0 radical (unpaired) electrons. The van der Waals surface area contributed by atoms with Crippen LogP contribution in [0.2, 0.25) is 0 Å². The summed E-state index contributed by atoms with van der Waals surface area (Å²) < 4.78 is 328. The van der Waals surface area contributed by atoms with Crippen molar-refractivity contribution in [3.63, 3.8) is 0 Å². The first-order valence-corrected chi connectivity index (χ1v) is 18.7. The number of rotatable bonds is 11. The summed E-state index contributed by atoms with van der Waals surface area (Å²) in [5.74, 6) is -15.0. The maximum atomic E-state index is 14.0. The molecule has 4 N–H and O–H groups in total. The standard InChI is InChI=1S/C40H22F24N4O4/c41-33(42,43)15-1-16(34(44,45)46)6-23(5-15)65-29(69)13-27(31(71)67-25-9-19(37(53,54)55)3-20(10-25)38(56,57)58)28(32(72)68-26-11-21(39(59,60)61)4-22(12-26)40(62,63)64)14-30(70)66-24-7-17(35(47,48)49)2-18(8-24)36(50,51)52/h1-12,27-28H,13-14H2,(H,65,69)(H,66,70)(H,67,71)(H,68,72). The normalized spacial score (nSPS) is 14.1. The summed E-state index contributed by atoms with van der Waals surface area (Å²) in [5.41, 5.74) is -23.6. The van der Waals surface area contributed by atoms with Crippen molar-refractivity contribution in [3.8, 4) is 0 Å². The summed E-state index contributed by atoms with van der Waals surface area (Å²) in [5, 5.41) is 5.47. The van der Waals surface area contributed by atoms with E-state index in [4.69, 9.17) is 0 Å². The van der Waals surface area contributed by atoms with Gasteiger partial charge in [0.15, 0.2) is 0 Å². The number of carbonyl (C=O) groups excluding carboxylic acids is 4. The molecular formula is C40H22F24N4O4. The molecule has 0 bridgehead atoms. The van der Waals surface area contributed by atoms with Gasteiger partial charge in [-0.15, -0.1) is 0 Å².